The molecule has 0 aromatic rings. The van der Waals surface area contributed by atoms with E-state index in [1.807, 2.05) is 0 Å². The molecule has 5 atom stereocenters. The van der Waals surface area contributed by atoms with Gasteiger partial charge in [0.2, 0.25) is 0 Å². The molecule has 3 rings (SSSR count). The first-order chi connectivity index (χ1) is 7.83. The molecule has 0 amide bonds. The van der Waals surface area contributed by atoms with Crippen molar-refractivity contribution in [2.45, 2.75) is 57.5 Å². The average Bonchev–Trinajstić information content (AvgIpc) is 2.58. The van der Waals surface area contributed by atoms with Crippen molar-refractivity contribution >= 4 is 0 Å². The lowest BCUT2D eigenvalue weighted by molar-refractivity contribution is 0.0597. The molecule has 1 saturated carbocycles. The molecule has 0 bridgehead atoms. The highest BCUT2D eigenvalue weighted by atomic mass is 15.2. The fourth-order valence-corrected chi connectivity index (χ4v) is 5.02. The molecule has 2 heterocycles. The van der Waals surface area contributed by atoms with Gasteiger partial charge in [-0.05, 0) is 69.9 Å². The van der Waals surface area contributed by atoms with Crippen LogP contribution in [0, 0.1) is 17.8 Å². The summed E-state index contributed by atoms with van der Waals surface area (Å²) >= 11 is 0. The van der Waals surface area contributed by atoms with Crippen LogP contribution in [0.4, 0.5) is 0 Å². The Morgan fingerprint density at radius 1 is 1.19 bits per heavy atom. The topological polar surface area (TPSA) is 29.3 Å². The molecule has 0 aromatic heterocycles. The quantitative estimate of drug-likeness (QED) is 0.776. The third-order valence-electron chi connectivity index (χ3n) is 5.60. The zero-order chi connectivity index (χ0) is 11.1. The number of nitrogens with zero attached hydrogens (tertiary/aromatic N) is 1. The van der Waals surface area contributed by atoms with E-state index < -0.39 is 0 Å². The fraction of sp³-hybridized carbons (Fsp3) is 1.00. The minimum Gasteiger partial charge on any atom is -0.330 e. The Labute approximate surface area is 99.6 Å². The van der Waals surface area contributed by atoms with E-state index in [0.717, 1.165) is 36.4 Å². The van der Waals surface area contributed by atoms with Gasteiger partial charge in [0.25, 0.3) is 0 Å². The van der Waals surface area contributed by atoms with Crippen LogP contribution < -0.4 is 5.73 Å². The smallest absolute Gasteiger partial charge is 0.0158 e. The van der Waals surface area contributed by atoms with Crippen molar-refractivity contribution in [2.24, 2.45) is 23.5 Å². The summed E-state index contributed by atoms with van der Waals surface area (Å²) in [4.78, 5) is 2.85. The highest BCUT2D eigenvalue weighted by molar-refractivity contribution is 5.04. The van der Waals surface area contributed by atoms with Crippen molar-refractivity contribution < 1.29 is 0 Å². The normalized spacial score (nSPS) is 48.0. The molecule has 2 aliphatic heterocycles. The summed E-state index contributed by atoms with van der Waals surface area (Å²) in [6, 6.07) is 1.74. The molecule has 0 aromatic carbocycles. The summed E-state index contributed by atoms with van der Waals surface area (Å²) in [7, 11) is 0. The molecule has 3 fully saturated rings. The van der Waals surface area contributed by atoms with Gasteiger partial charge in [-0.15, -0.1) is 0 Å². The molecule has 0 spiro atoms. The van der Waals surface area contributed by atoms with Crippen molar-refractivity contribution in [1.29, 1.82) is 0 Å². The largest absolute Gasteiger partial charge is 0.330 e. The highest BCUT2D eigenvalue weighted by Crippen LogP contribution is 2.50. The Bertz CT molecular complexity index is 251. The molecule has 3 aliphatic rings. The maximum Gasteiger partial charge on any atom is 0.0158 e. The zero-order valence-electron chi connectivity index (χ0n) is 10.6. The van der Waals surface area contributed by atoms with Crippen molar-refractivity contribution in [3.8, 4) is 0 Å². The highest BCUT2D eigenvalue weighted by Gasteiger charge is 2.51. The van der Waals surface area contributed by atoms with E-state index in [2.05, 4.69) is 11.8 Å². The van der Waals surface area contributed by atoms with Gasteiger partial charge in [0, 0.05) is 12.1 Å². The Morgan fingerprint density at radius 2 is 2.00 bits per heavy atom. The maximum atomic E-state index is 5.81. The van der Waals surface area contributed by atoms with Crippen LogP contribution in [0.3, 0.4) is 0 Å². The summed E-state index contributed by atoms with van der Waals surface area (Å²) in [6.07, 6.45) is 8.65. The fourth-order valence-electron chi connectivity index (χ4n) is 5.02. The van der Waals surface area contributed by atoms with E-state index in [1.54, 1.807) is 0 Å². The van der Waals surface area contributed by atoms with Gasteiger partial charge in [-0.3, -0.25) is 4.90 Å². The SMILES string of the molecule is CC1C(CCN)C2CCCC3CCCN1C32. The van der Waals surface area contributed by atoms with Crippen LogP contribution in [0.5, 0.6) is 0 Å². The lowest BCUT2D eigenvalue weighted by Crippen LogP contribution is -2.47. The summed E-state index contributed by atoms with van der Waals surface area (Å²) in [5, 5.41) is 0. The van der Waals surface area contributed by atoms with Gasteiger partial charge in [0.1, 0.15) is 0 Å². The predicted octanol–water partition coefficient (Wildman–Crippen LogP) is 2.23. The number of hydrogen-bond acceptors (Lipinski definition) is 2. The van der Waals surface area contributed by atoms with Crippen LogP contribution in [0.25, 0.3) is 0 Å². The predicted molar refractivity (Wildman–Crippen MR) is 67.2 cm³/mol. The van der Waals surface area contributed by atoms with Crippen LogP contribution in [0.15, 0.2) is 0 Å². The summed E-state index contributed by atoms with van der Waals surface area (Å²) in [5.74, 6) is 2.91. The van der Waals surface area contributed by atoms with Gasteiger partial charge in [-0.2, -0.15) is 0 Å². The van der Waals surface area contributed by atoms with Gasteiger partial charge in [0.15, 0.2) is 0 Å². The lowest BCUT2D eigenvalue weighted by atomic mass is 9.70. The van der Waals surface area contributed by atoms with Crippen LogP contribution in [-0.2, 0) is 0 Å². The van der Waals surface area contributed by atoms with E-state index in [0.29, 0.717) is 0 Å². The first-order valence-electron chi connectivity index (χ1n) is 7.28. The molecular formula is C14H26N2. The maximum absolute atomic E-state index is 5.81. The molecule has 0 radical (unpaired) electrons. The molecule has 16 heavy (non-hydrogen) atoms. The molecule has 2 saturated heterocycles. The number of nitrogens with two attached hydrogens (primary N) is 1. The van der Waals surface area contributed by atoms with Crippen LogP contribution in [0.1, 0.15) is 45.4 Å². The second-order valence-corrected chi connectivity index (χ2v) is 6.21. The van der Waals surface area contributed by atoms with E-state index in [-0.39, 0.29) is 0 Å². The molecule has 2 N–H and O–H groups in total. The van der Waals surface area contributed by atoms with Gasteiger partial charge < -0.3 is 5.73 Å². The van der Waals surface area contributed by atoms with Crippen molar-refractivity contribution in [3.05, 3.63) is 0 Å². The third-order valence-corrected chi connectivity index (χ3v) is 5.60. The Kier molecular flexibility index (Phi) is 2.97. The first kappa shape index (κ1) is 11.0. The molecule has 2 heteroatoms. The lowest BCUT2D eigenvalue weighted by Gasteiger charge is -2.43. The summed E-state index contributed by atoms with van der Waals surface area (Å²) in [5.41, 5.74) is 5.81. The van der Waals surface area contributed by atoms with Gasteiger partial charge in [-0.25, -0.2) is 0 Å². The van der Waals surface area contributed by atoms with Crippen LogP contribution in [-0.4, -0.2) is 30.1 Å². The average molecular weight is 222 g/mol. The zero-order valence-corrected chi connectivity index (χ0v) is 10.6. The summed E-state index contributed by atoms with van der Waals surface area (Å²) < 4.78 is 0. The van der Waals surface area contributed by atoms with Gasteiger partial charge in [-0.1, -0.05) is 6.42 Å². The van der Waals surface area contributed by atoms with Gasteiger partial charge >= 0.3 is 0 Å². The Balaban J connectivity index is 1.84. The molecule has 1 aliphatic carbocycles. The first-order valence-corrected chi connectivity index (χ1v) is 7.28. The third kappa shape index (κ3) is 1.53. The van der Waals surface area contributed by atoms with E-state index in [4.69, 9.17) is 5.73 Å². The summed E-state index contributed by atoms with van der Waals surface area (Å²) in [6.45, 7) is 4.71. The second-order valence-electron chi connectivity index (χ2n) is 6.21. The Hall–Kier alpha value is -0.0800. The monoisotopic (exact) mass is 222 g/mol. The number of rotatable bonds is 2. The van der Waals surface area contributed by atoms with Crippen LogP contribution >= 0.6 is 0 Å². The van der Waals surface area contributed by atoms with E-state index >= 15 is 0 Å². The molecular weight excluding hydrogens is 196 g/mol. The minimum absolute atomic E-state index is 0.805. The second kappa shape index (κ2) is 4.30. The standard InChI is InChI=1S/C14H26N2/c1-10-12(7-8-15)13-6-2-4-11-5-3-9-16(10)14(11)13/h10-14H,2-9,15H2,1H3. The van der Waals surface area contributed by atoms with E-state index in [1.165, 1.54) is 45.1 Å². The van der Waals surface area contributed by atoms with E-state index in [9.17, 15) is 0 Å². The van der Waals surface area contributed by atoms with Crippen LogP contribution in [0.2, 0.25) is 0 Å². The Morgan fingerprint density at radius 3 is 2.81 bits per heavy atom. The molecule has 5 unspecified atom stereocenters. The number of piperidine rings is 1. The molecule has 92 valence electrons. The van der Waals surface area contributed by atoms with Gasteiger partial charge in [0.05, 0.1) is 0 Å². The minimum atomic E-state index is 0.805. The number of hydrogen-bond donors (Lipinski definition) is 1. The van der Waals surface area contributed by atoms with Crippen molar-refractivity contribution in [3.63, 3.8) is 0 Å². The van der Waals surface area contributed by atoms with Crippen molar-refractivity contribution in [1.82, 2.24) is 4.90 Å². The van der Waals surface area contributed by atoms with Crippen molar-refractivity contribution in [2.75, 3.05) is 13.1 Å². The molecule has 2 nitrogen and oxygen atoms in total.